The summed E-state index contributed by atoms with van der Waals surface area (Å²) < 4.78 is 17.7. The Morgan fingerprint density at radius 1 is 1.16 bits per heavy atom. The molecule has 2 aromatic carbocycles. The SMILES string of the molecule is CN(Cc1ccc(-n2ccnc2)cc1)C(=O)c1nc2n(c1Cl)CCN(C(=O)c1[nH]nc3c(F)cccc13)C2. The fourth-order valence-corrected chi connectivity index (χ4v) is 4.95. The second-order valence-corrected chi connectivity index (χ2v) is 9.44. The van der Waals surface area contributed by atoms with Gasteiger partial charge in [-0.3, -0.25) is 14.7 Å². The Morgan fingerprint density at radius 3 is 2.74 bits per heavy atom. The van der Waals surface area contributed by atoms with E-state index in [9.17, 15) is 14.0 Å². The minimum atomic E-state index is -0.500. The molecule has 0 unspecified atom stereocenters. The van der Waals surface area contributed by atoms with Gasteiger partial charge in [-0.2, -0.15) is 5.10 Å². The first-order chi connectivity index (χ1) is 18.4. The minimum absolute atomic E-state index is 0.115. The summed E-state index contributed by atoms with van der Waals surface area (Å²) >= 11 is 6.57. The van der Waals surface area contributed by atoms with E-state index in [-0.39, 0.29) is 40.4 Å². The Morgan fingerprint density at radius 2 is 1.97 bits per heavy atom. The molecule has 3 aromatic heterocycles. The number of carbonyl (C=O) groups excluding carboxylic acids is 2. The van der Waals surface area contributed by atoms with Crippen LogP contribution in [0.2, 0.25) is 5.15 Å². The van der Waals surface area contributed by atoms with Crippen LogP contribution in [0.3, 0.4) is 0 Å². The minimum Gasteiger partial charge on any atom is -0.336 e. The van der Waals surface area contributed by atoms with Crippen molar-refractivity contribution < 1.29 is 14.0 Å². The van der Waals surface area contributed by atoms with Gasteiger partial charge in [-0.25, -0.2) is 14.4 Å². The van der Waals surface area contributed by atoms with E-state index in [0.717, 1.165) is 11.3 Å². The zero-order chi connectivity index (χ0) is 26.4. The quantitative estimate of drug-likeness (QED) is 0.372. The van der Waals surface area contributed by atoms with E-state index in [1.807, 2.05) is 35.0 Å². The number of fused-ring (bicyclic) bond motifs is 2. The van der Waals surface area contributed by atoms with Crippen molar-refractivity contribution in [1.82, 2.24) is 39.1 Å². The third-order valence-corrected chi connectivity index (χ3v) is 7.04. The van der Waals surface area contributed by atoms with Gasteiger partial charge in [-0.05, 0) is 23.8 Å². The fourth-order valence-electron chi connectivity index (χ4n) is 4.64. The molecule has 10 nitrogen and oxygen atoms in total. The average Bonchev–Trinajstić information content (AvgIpc) is 3.68. The number of para-hydroxylation sites is 1. The third-order valence-electron chi connectivity index (χ3n) is 6.66. The number of hydrogen-bond acceptors (Lipinski definition) is 5. The Labute approximate surface area is 221 Å². The number of halogens is 2. The summed E-state index contributed by atoms with van der Waals surface area (Å²) in [7, 11) is 1.69. The Kier molecular flexibility index (Phi) is 5.91. The Bertz CT molecular complexity index is 1660. The van der Waals surface area contributed by atoms with E-state index in [1.54, 1.807) is 40.0 Å². The van der Waals surface area contributed by atoms with Crippen LogP contribution in [-0.2, 0) is 19.6 Å². The fraction of sp³-hybridized carbons (Fsp3) is 0.192. The Balaban J connectivity index is 1.17. The van der Waals surface area contributed by atoms with Crippen LogP contribution in [-0.4, -0.2) is 64.5 Å². The van der Waals surface area contributed by atoms with Crippen LogP contribution in [0.15, 0.2) is 61.2 Å². The monoisotopic (exact) mass is 532 g/mol. The first kappa shape index (κ1) is 23.9. The lowest BCUT2D eigenvalue weighted by molar-refractivity contribution is 0.0703. The van der Waals surface area contributed by atoms with E-state index >= 15 is 0 Å². The molecule has 12 heteroatoms. The largest absolute Gasteiger partial charge is 0.336 e. The lowest BCUT2D eigenvalue weighted by Crippen LogP contribution is -2.38. The summed E-state index contributed by atoms with van der Waals surface area (Å²) in [6, 6.07) is 12.3. The maximum absolute atomic E-state index is 14.0. The highest BCUT2D eigenvalue weighted by Crippen LogP contribution is 2.26. The molecule has 0 fully saturated rings. The normalized spacial score (nSPS) is 13.1. The summed E-state index contributed by atoms with van der Waals surface area (Å²) in [4.78, 5) is 38.2. The second kappa shape index (κ2) is 9.42. The molecule has 1 aliphatic rings. The molecule has 0 radical (unpaired) electrons. The van der Waals surface area contributed by atoms with Crippen molar-refractivity contribution in [1.29, 1.82) is 0 Å². The average molecular weight is 533 g/mol. The molecule has 1 aliphatic heterocycles. The van der Waals surface area contributed by atoms with E-state index in [4.69, 9.17) is 11.6 Å². The molecule has 0 bridgehead atoms. The van der Waals surface area contributed by atoms with Gasteiger partial charge in [0.25, 0.3) is 11.8 Å². The third kappa shape index (κ3) is 4.10. The standard InChI is InChI=1S/C26H22ClFN8O2/c1-33(13-16-5-7-17(8-6-16)35-10-9-29-15-35)25(37)23-24(27)36-12-11-34(14-20(36)30-23)26(38)22-18-3-2-4-19(28)21(18)31-32-22/h2-10,15H,11-14H2,1H3,(H,31,32). The molecule has 0 aliphatic carbocycles. The highest BCUT2D eigenvalue weighted by Gasteiger charge is 2.30. The number of imidazole rings is 2. The first-order valence-corrected chi connectivity index (χ1v) is 12.3. The zero-order valence-corrected chi connectivity index (χ0v) is 21.1. The van der Waals surface area contributed by atoms with Gasteiger partial charge in [0.1, 0.15) is 22.2 Å². The number of H-pyrrole nitrogens is 1. The number of hydrogen-bond donors (Lipinski definition) is 1. The van der Waals surface area contributed by atoms with Gasteiger partial charge < -0.3 is 18.9 Å². The summed E-state index contributed by atoms with van der Waals surface area (Å²) in [5.41, 5.74) is 2.38. The van der Waals surface area contributed by atoms with Gasteiger partial charge in [-0.15, -0.1) is 0 Å². The predicted octanol–water partition coefficient (Wildman–Crippen LogP) is 3.67. The maximum Gasteiger partial charge on any atom is 0.275 e. The number of benzene rings is 2. The molecule has 6 rings (SSSR count). The molecule has 192 valence electrons. The topological polar surface area (TPSA) is 105 Å². The number of aromatic amines is 1. The lowest BCUT2D eigenvalue weighted by atomic mass is 10.2. The van der Waals surface area contributed by atoms with Crippen molar-refractivity contribution in [2.75, 3.05) is 13.6 Å². The molecule has 2 amide bonds. The van der Waals surface area contributed by atoms with Crippen LogP contribution in [0.5, 0.6) is 0 Å². The molecule has 5 aromatic rings. The van der Waals surface area contributed by atoms with Gasteiger partial charge in [-0.1, -0.05) is 35.9 Å². The van der Waals surface area contributed by atoms with E-state index in [0.29, 0.717) is 30.8 Å². The Hall–Kier alpha value is -4.51. The van der Waals surface area contributed by atoms with Gasteiger partial charge in [0.05, 0.1) is 12.9 Å². The van der Waals surface area contributed by atoms with Crippen LogP contribution in [0, 0.1) is 5.82 Å². The summed E-state index contributed by atoms with van der Waals surface area (Å²) in [6.07, 6.45) is 5.29. The highest BCUT2D eigenvalue weighted by atomic mass is 35.5. The van der Waals surface area contributed by atoms with Crippen molar-refractivity contribution in [3.05, 3.63) is 94.9 Å². The molecule has 0 saturated heterocycles. The van der Waals surface area contributed by atoms with Crippen LogP contribution < -0.4 is 0 Å². The van der Waals surface area contributed by atoms with E-state index in [2.05, 4.69) is 20.2 Å². The van der Waals surface area contributed by atoms with Crippen molar-refractivity contribution in [2.45, 2.75) is 19.6 Å². The smallest absolute Gasteiger partial charge is 0.275 e. The molecule has 1 N–H and O–H groups in total. The van der Waals surface area contributed by atoms with Gasteiger partial charge in [0.15, 0.2) is 11.5 Å². The van der Waals surface area contributed by atoms with Crippen LogP contribution in [0.25, 0.3) is 16.6 Å². The number of rotatable bonds is 5. The number of aromatic nitrogens is 6. The molecular formula is C26H22ClFN8O2. The van der Waals surface area contributed by atoms with Crippen LogP contribution >= 0.6 is 11.6 Å². The van der Waals surface area contributed by atoms with E-state index in [1.165, 1.54) is 12.1 Å². The van der Waals surface area contributed by atoms with Crippen LogP contribution in [0.4, 0.5) is 4.39 Å². The molecule has 0 spiro atoms. The second-order valence-electron chi connectivity index (χ2n) is 9.08. The molecule has 0 saturated carbocycles. The van der Waals surface area contributed by atoms with Gasteiger partial charge in [0, 0.05) is 50.1 Å². The predicted molar refractivity (Wildman–Crippen MR) is 137 cm³/mol. The number of nitrogens with zero attached hydrogens (tertiary/aromatic N) is 7. The highest BCUT2D eigenvalue weighted by molar-refractivity contribution is 6.32. The summed E-state index contributed by atoms with van der Waals surface area (Å²) in [5, 5.41) is 7.27. The van der Waals surface area contributed by atoms with Crippen LogP contribution in [0.1, 0.15) is 32.4 Å². The number of amides is 2. The van der Waals surface area contributed by atoms with Crippen molar-refractivity contribution in [3.63, 3.8) is 0 Å². The summed E-state index contributed by atoms with van der Waals surface area (Å²) in [5.74, 6) is -0.637. The number of nitrogens with one attached hydrogen (secondary N) is 1. The molecule has 38 heavy (non-hydrogen) atoms. The number of carbonyl (C=O) groups is 2. The molecular weight excluding hydrogens is 511 g/mol. The zero-order valence-electron chi connectivity index (χ0n) is 20.3. The summed E-state index contributed by atoms with van der Waals surface area (Å²) in [6.45, 7) is 1.25. The first-order valence-electron chi connectivity index (χ1n) is 11.9. The molecule has 0 atom stereocenters. The lowest BCUT2D eigenvalue weighted by Gasteiger charge is -2.27. The van der Waals surface area contributed by atoms with Gasteiger partial charge in [0.2, 0.25) is 0 Å². The molecule has 4 heterocycles. The van der Waals surface area contributed by atoms with Crippen molar-refractivity contribution in [2.24, 2.45) is 0 Å². The van der Waals surface area contributed by atoms with Gasteiger partial charge >= 0.3 is 0 Å². The van der Waals surface area contributed by atoms with Crippen molar-refractivity contribution >= 4 is 34.3 Å². The maximum atomic E-state index is 14.0. The van der Waals surface area contributed by atoms with Crippen molar-refractivity contribution in [3.8, 4) is 5.69 Å². The van der Waals surface area contributed by atoms with E-state index < -0.39 is 5.82 Å².